The van der Waals surface area contributed by atoms with Gasteiger partial charge in [-0.3, -0.25) is 14.5 Å². The van der Waals surface area contributed by atoms with Gasteiger partial charge in [-0.1, -0.05) is 11.6 Å². The lowest BCUT2D eigenvalue weighted by atomic mass is 10.1. The molecule has 10 heteroatoms. The van der Waals surface area contributed by atoms with E-state index in [1.807, 2.05) is 0 Å². The van der Waals surface area contributed by atoms with E-state index >= 15 is 0 Å². The van der Waals surface area contributed by atoms with Crippen LogP contribution >= 0.6 is 11.6 Å². The Morgan fingerprint density at radius 3 is 2.82 bits per heavy atom. The van der Waals surface area contributed by atoms with Gasteiger partial charge in [-0.25, -0.2) is 10.2 Å². The molecule has 1 aromatic carbocycles. The van der Waals surface area contributed by atoms with E-state index in [9.17, 15) is 14.4 Å². The number of amides is 4. The Labute approximate surface area is 167 Å². The molecular formula is C18H21ClN4O5. The summed E-state index contributed by atoms with van der Waals surface area (Å²) in [5.74, 6) is 0.230. The minimum atomic E-state index is -0.956. The first-order valence-corrected chi connectivity index (χ1v) is 9.21. The SMILES string of the molecule is CC1(C)NC(=O)N(CCC(=O)N/N=C\c2cc(Cl)c3c(c2)OCCCO3)C1=O. The highest BCUT2D eigenvalue weighted by Gasteiger charge is 2.43. The first-order valence-electron chi connectivity index (χ1n) is 8.83. The molecule has 0 bridgehead atoms. The zero-order valence-corrected chi connectivity index (χ0v) is 16.3. The van der Waals surface area contributed by atoms with Gasteiger partial charge in [0.25, 0.3) is 5.91 Å². The van der Waals surface area contributed by atoms with Crippen LogP contribution in [0.1, 0.15) is 32.3 Å². The Kier molecular flexibility index (Phi) is 5.73. The van der Waals surface area contributed by atoms with Crippen LogP contribution in [-0.4, -0.2) is 54.3 Å². The summed E-state index contributed by atoms with van der Waals surface area (Å²) in [7, 11) is 0. The highest BCUT2D eigenvalue weighted by Crippen LogP contribution is 2.37. The second-order valence-corrected chi connectivity index (χ2v) is 7.34. The molecule has 0 aliphatic carbocycles. The molecule has 1 fully saturated rings. The predicted molar refractivity (Wildman–Crippen MR) is 102 cm³/mol. The lowest BCUT2D eigenvalue weighted by Crippen LogP contribution is -2.40. The Morgan fingerprint density at radius 1 is 1.36 bits per heavy atom. The maximum absolute atomic E-state index is 12.1. The fourth-order valence-electron chi connectivity index (χ4n) is 2.79. The van der Waals surface area contributed by atoms with Gasteiger partial charge in [0.1, 0.15) is 5.54 Å². The number of nitrogens with one attached hydrogen (secondary N) is 2. The summed E-state index contributed by atoms with van der Waals surface area (Å²) in [5, 5.41) is 6.84. The Balaban J connectivity index is 1.54. The van der Waals surface area contributed by atoms with Crippen molar-refractivity contribution in [1.82, 2.24) is 15.6 Å². The van der Waals surface area contributed by atoms with E-state index in [-0.39, 0.29) is 18.9 Å². The molecule has 2 aliphatic rings. The average molecular weight is 409 g/mol. The fourth-order valence-corrected chi connectivity index (χ4v) is 3.07. The molecule has 1 aromatic rings. The molecule has 0 radical (unpaired) electrons. The van der Waals surface area contributed by atoms with Gasteiger partial charge in [-0.05, 0) is 31.5 Å². The van der Waals surface area contributed by atoms with Crippen molar-refractivity contribution in [1.29, 1.82) is 0 Å². The van der Waals surface area contributed by atoms with E-state index in [0.29, 0.717) is 35.3 Å². The van der Waals surface area contributed by atoms with Gasteiger partial charge < -0.3 is 14.8 Å². The quantitative estimate of drug-likeness (QED) is 0.437. The smallest absolute Gasteiger partial charge is 0.325 e. The topological polar surface area (TPSA) is 109 Å². The van der Waals surface area contributed by atoms with Gasteiger partial charge in [0.05, 0.1) is 24.5 Å². The van der Waals surface area contributed by atoms with Crippen LogP contribution < -0.4 is 20.2 Å². The standard InChI is InChI=1S/C18H21ClN4O5/c1-18(2)16(25)23(17(26)21-18)5-4-14(24)22-20-10-11-8-12(19)15-13(9-11)27-6-3-7-28-15/h8-10H,3-7H2,1-2H3,(H,21,26)(H,22,24)/b20-10-. The van der Waals surface area contributed by atoms with Crippen molar-refractivity contribution >= 4 is 35.7 Å². The minimum absolute atomic E-state index is 0.0225. The third kappa shape index (κ3) is 4.36. The van der Waals surface area contributed by atoms with Crippen molar-refractivity contribution in [2.45, 2.75) is 32.2 Å². The molecule has 9 nitrogen and oxygen atoms in total. The number of rotatable bonds is 5. The zero-order chi connectivity index (χ0) is 20.3. The molecule has 0 unspecified atom stereocenters. The van der Waals surface area contributed by atoms with Crippen molar-refractivity contribution in [2.24, 2.45) is 5.10 Å². The van der Waals surface area contributed by atoms with Gasteiger partial charge in [-0.2, -0.15) is 5.10 Å². The summed E-state index contributed by atoms with van der Waals surface area (Å²) in [6.45, 7) is 4.26. The zero-order valence-electron chi connectivity index (χ0n) is 15.6. The number of benzene rings is 1. The lowest BCUT2D eigenvalue weighted by Gasteiger charge is -2.15. The molecule has 1 saturated heterocycles. The Bertz CT molecular complexity index is 840. The second kappa shape index (κ2) is 8.05. The summed E-state index contributed by atoms with van der Waals surface area (Å²) >= 11 is 6.20. The molecule has 28 heavy (non-hydrogen) atoms. The molecule has 2 heterocycles. The van der Waals surface area contributed by atoms with E-state index in [4.69, 9.17) is 21.1 Å². The van der Waals surface area contributed by atoms with Gasteiger partial charge in [-0.15, -0.1) is 0 Å². The molecule has 0 spiro atoms. The predicted octanol–water partition coefficient (Wildman–Crippen LogP) is 1.67. The molecule has 0 aromatic heterocycles. The number of hydrogen-bond donors (Lipinski definition) is 2. The highest BCUT2D eigenvalue weighted by atomic mass is 35.5. The molecule has 2 aliphatic heterocycles. The van der Waals surface area contributed by atoms with Crippen LogP contribution in [-0.2, 0) is 9.59 Å². The van der Waals surface area contributed by atoms with Gasteiger partial charge in [0.2, 0.25) is 5.91 Å². The molecular weight excluding hydrogens is 388 g/mol. The maximum Gasteiger partial charge on any atom is 0.325 e. The summed E-state index contributed by atoms with van der Waals surface area (Å²) in [5.41, 5.74) is 2.04. The number of nitrogens with zero attached hydrogens (tertiary/aromatic N) is 2. The van der Waals surface area contributed by atoms with Gasteiger partial charge in [0, 0.05) is 19.4 Å². The number of carbonyl (C=O) groups is 3. The fraction of sp³-hybridized carbons (Fsp3) is 0.444. The molecule has 3 rings (SSSR count). The van der Waals surface area contributed by atoms with E-state index in [1.165, 1.54) is 6.21 Å². The van der Waals surface area contributed by atoms with Crippen LogP contribution in [0.15, 0.2) is 17.2 Å². The van der Waals surface area contributed by atoms with Crippen molar-refractivity contribution in [2.75, 3.05) is 19.8 Å². The second-order valence-electron chi connectivity index (χ2n) is 6.94. The summed E-state index contributed by atoms with van der Waals surface area (Å²) < 4.78 is 11.1. The number of carbonyl (C=O) groups excluding carboxylic acids is 3. The van der Waals surface area contributed by atoms with Gasteiger partial charge in [0.15, 0.2) is 11.5 Å². The van der Waals surface area contributed by atoms with Crippen molar-refractivity contribution in [3.63, 3.8) is 0 Å². The molecule has 0 atom stereocenters. The number of fused-ring (bicyclic) bond motifs is 1. The van der Waals surface area contributed by atoms with Crippen LogP contribution in [0, 0.1) is 0 Å². The number of urea groups is 1. The van der Waals surface area contributed by atoms with Crippen molar-refractivity contribution < 1.29 is 23.9 Å². The summed E-state index contributed by atoms with van der Waals surface area (Å²) in [6.07, 6.45) is 2.13. The molecule has 150 valence electrons. The van der Waals surface area contributed by atoms with Crippen molar-refractivity contribution in [3.8, 4) is 11.5 Å². The highest BCUT2D eigenvalue weighted by molar-refractivity contribution is 6.32. The number of hydrogen-bond acceptors (Lipinski definition) is 6. The van der Waals surface area contributed by atoms with Crippen LogP contribution in [0.2, 0.25) is 5.02 Å². The third-order valence-corrected chi connectivity index (χ3v) is 4.51. The first-order chi connectivity index (χ1) is 13.3. The summed E-state index contributed by atoms with van der Waals surface area (Å²) in [4.78, 5) is 36.8. The van der Waals surface area contributed by atoms with Crippen molar-refractivity contribution in [3.05, 3.63) is 22.7 Å². The molecule has 4 amide bonds. The van der Waals surface area contributed by atoms with Crippen LogP contribution in [0.4, 0.5) is 4.79 Å². The Hall–Kier alpha value is -2.81. The van der Waals surface area contributed by atoms with E-state index in [2.05, 4.69) is 15.8 Å². The van der Waals surface area contributed by atoms with Gasteiger partial charge >= 0.3 is 6.03 Å². The van der Waals surface area contributed by atoms with Crippen LogP contribution in [0.3, 0.4) is 0 Å². The molecule has 2 N–H and O–H groups in total. The average Bonchev–Trinajstić information content (AvgIpc) is 2.79. The lowest BCUT2D eigenvalue weighted by molar-refractivity contribution is -0.130. The van der Waals surface area contributed by atoms with E-state index in [1.54, 1.807) is 26.0 Å². The third-order valence-electron chi connectivity index (χ3n) is 4.23. The van der Waals surface area contributed by atoms with E-state index in [0.717, 1.165) is 11.3 Å². The largest absolute Gasteiger partial charge is 0.489 e. The minimum Gasteiger partial charge on any atom is -0.489 e. The summed E-state index contributed by atoms with van der Waals surface area (Å²) in [6, 6.07) is 2.87. The monoisotopic (exact) mass is 408 g/mol. The maximum atomic E-state index is 12.1. The number of halogens is 1. The van der Waals surface area contributed by atoms with Crippen LogP contribution in [0.25, 0.3) is 0 Å². The number of hydrazone groups is 1. The van der Waals surface area contributed by atoms with E-state index < -0.39 is 17.5 Å². The number of ether oxygens (including phenoxy) is 2. The molecule has 0 saturated carbocycles. The number of imide groups is 1. The van der Waals surface area contributed by atoms with Crippen LogP contribution in [0.5, 0.6) is 11.5 Å². The Morgan fingerprint density at radius 2 is 2.11 bits per heavy atom. The normalized spacial score (nSPS) is 18.2. The first kappa shape index (κ1) is 19.9.